The molecule has 2 fully saturated rings. The van der Waals surface area contributed by atoms with Crippen LogP contribution in [0.5, 0.6) is 0 Å². The van der Waals surface area contributed by atoms with E-state index in [0.29, 0.717) is 44.3 Å². The first-order valence-corrected chi connectivity index (χ1v) is 15.4. The van der Waals surface area contributed by atoms with Gasteiger partial charge in [0.05, 0.1) is 22.8 Å². The minimum Gasteiger partial charge on any atom is -0.446 e. The van der Waals surface area contributed by atoms with Gasteiger partial charge in [0.2, 0.25) is 21.8 Å². The van der Waals surface area contributed by atoms with Gasteiger partial charge in [-0.3, -0.25) is 14.9 Å². The van der Waals surface area contributed by atoms with Gasteiger partial charge in [0.15, 0.2) is 0 Å². The highest BCUT2D eigenvalue weighted by Gasteiger charge is 2.51. The summed E-state index contributed by atoms with van der Waals surface area (Å²) < 4.78 is 35.3. The molecule has 13 nitrogen and oxygen atoms in total. The van der Waals surface area contributed by atoms with E-state index in [0.717, 1.165) is 11.9 Å². The molecule has 1 unspecified atom stereocenters. The monoisotopic (exact) mass is 607 g/mol. The Hall–Kier alpha value is -3.81. The van der Waals surface area contributed by atoms with E-state index < -0.39 is 50.8 Å². The van der Waals surface area contributed by atoms with Crippen molar-refractivity contribution in [3.05, 3.63) is 36.6 Å². The highest BCUT2D eigenvalue weighted by Crippen LogP contribution is 2.42. The zero-order valence-electron chi connectivity index (χ0n) is 24.5. The zero-order chi connectivity index (χ0) is 31.1. The van der Waals surface area contributed by atoms with E-state index in [1.165, 1.54) is 4.90 Å². The topological polar surface area (TPSA) is 177 Å². The average molecular weight is 608 g/mol. The number of carbonyl (C=O) groups excluding carboxylic acids is 4. The van der Waals surface area contributed by atoms with Gasteiger partial charge in [0.1, 0.15) is 6.10 Å². The lowest BCUT2D eigenvalue weighted by molar-refractivity contribution is -0.139. The lowest BCUT2D eigenvalue weighted by Crippen LogP contribution is -2.39. The van der Waals surface area contributed by atoms with Gasteiger partial charge in [-0.25, -0.2) is 22.7 Å². The molecule has 4 N–H and O–H groups in total. The van der Waals surface area contributed by atoms with Gasteiger partial charge in [-0.05, 0) is 76.1 Å². The molecule has 0 heterocycles. The Morgan fingerprint density at radius 2 is 1.76 bits per heavy atom. The van der Waals surface area contributed by atoms with Gasteiger partial charge in [0, 0.05) is 39.1 Å². The predicted molar refractivity (Wildman–Crippen MR) is 157 cm³/mol. The summed E-state index contributed by atoms with van der Waals surface area (Å²) >= 11 is 0. The molecule has 1 aromatic rings. The molecule has 2 aliphatic rings. The van der Waals surface area contributed by atoms with Gasteiger partial charge in [-0.1, -0.05) is 6.07 Å². The number of unbranched alkanes of at least 4 members (excludes halogenated alkanes) is 2. The van der Waals surface area contributed by atoms with E-state index in [9.17, 15) is 27.6 Å². The van der Waals surface area contributed by atoms with Crippen LogP contribution >= 0.6 is 0 Å². The van der Waals surface area contributed by atoms with Crippen molar-refractivity contribution in [2.24, 2.45) is 17.6 Å². The number of nitrogens with two attached hydrogens (primary N) is 1. The molecule has 232 valence electrons. The number of amides is 4. The smallest absolute Gasteiger partial charge is 0.425 e. The number of hydrogen-bond donors (Lipinski definition) is 3. The Bertz CT molecular complexity index is 1290. The molecule has 0 bridgehead atoms. The van der Waals surface area contributed by atoms with E-state index >= 15 is 0 Å². The van der Waals surface area contributed by atoms with Crippen molar-refractivity contribution in [2.45, 2.75) is 62.7 Å². The molecular formula is C28H41N5O8S. The molecule has 3 atom stereocenters. The minimum atomic E-state index is -3.75. The Balaban J connectivity index is 1.40. The quantitative estimate of drug-likeness (QED) is 0.225. The van der Waals surface area contributed by atoms with E-state index in [1.807, 2.05) is 35.9 Å². The molecule has 3 rings (SSSR count). The van der Waals surface area contributed by atoms with Crippen LogP contribution in [-0.4, -0.2) is 75.9 Å². The third-order valence-corrected chi connectivity index (χ3v) is 9.81. The van der Waals surface area contributed by atoms with E-state index in [-0.39, 0.29) is 18.7 Å². The zero-order valence-corrected chi connectivity index (χ0v) is 25.3. The second kappa shape index (κ2) is 13.9. The number of nitrogens with one attached hydrogen (secondary N) is 2. The maximum atomic E-state index is 13.1. The van der Waals surface area contributed by atoms with Crippen molar-refractivity contribution in [3.63, 3.8) is 0 Å². The van der Waals surface area contributed by atoms with Crippen LogP contribution in [0.15, 0.2) is 36.6 Å². The number of primary amides is 1. The molecule has 2 saturated carbocycles. The molecule has 0 radical (unpaired) electrons. The Morgan fingerprint density at radius 1 is 1.07 bits per heavy atom. The molecule has 42 heavy (non-hydrogen) atoms. The average Bonchev–Trinajstić information content (AvgIpc) is 3.54. The molecule has 0 spiro atoms. The molecule has 4 amide bonds. The fourth-order valence-corrected chi connectivity index (χ4v) is 5.87. The van der Waals surface area contributed by atoms with E-state index in [4.69, 9.17) is 15.2 Å². The fraction of sp³-hybridized carbons (Fsp3) is 0.571. The minimum absolute atomic E-state index is 0.170. The Labute approximate surface area is 246 Å². The molecular weight excluding hydrogens is 566 g/mol. The second-order valence-corrected chi connectivity index (χ2v) is 13.5. The van der Waals surface area contributed by atoms with Crippen LogP contribution in [0.25, 0.3) is 0 Å². The van der Waals surface area contributed by atoms with Crippen LogP contribution in [0.4, 0.5) is 21.0 Å². The van der Waals surface area contributed by atoms with Gasteiger partial charge in [-0.2, -0.15) is 0 Å². The summed E-state index contributed by atoms with van der Waals surface area (Å²) in [6.07, 6.45) is 3.59. The summed E-state index contributed by atoms with van der Waals surface area (Å²) in [5.74, 6) is -2.29. The molecule has 14 heteroatoms. The first-order chi connectivity index (χ1) is 19.7. The van der Waals surface area contributed by atoms with Gasteiger partial charge >= 0.3 is 12.2 Å². The number of hydrogen-bond acceptors (Lipinski definition) is 9. The maximum absolute atomic E-state index is 13.1. The SMILES string of the molecule is CN(CCCC/C=C\OC(=O)NS(=O)(=O)C1(C)CC1)C(=O)[C@@H]1C[C@H](OC(=O)Nc2cccc(N(C)C)c2)CC1C(N)=O. The van der Waals surface area contributed by atoms with E-state index in [2.05, 4.69) is 5.32 Å². The Kier molecular flexibility index (Phi) is 10.8. The molecule has 0 saturated heterocycles. The summed E-state index contributed by atoms with van der Waals surface area (Å²) in [6.45, 7) is 1.99. The van der Waals surface area contributed by atoms with Crippen LogP contribution < -0.4 is 20.7 Å². The van der Waals surface area contributed by atoms with Crippen LogP contribution in [0.2, 0.25) is 0 Å². The summed E-state index contributed by atoms with van der Waals surface area (Å²) in [4.78, 5) is 52.9. The molecule has 2 aliphatic carbocycles. The lowest BCUT2D eigenvalue weighted by Gasteiger charge is -2.23. The standard InChI is InChI=1S/C28H41N5O8S/c1-28(12-13-28)42(38,39)31-27(37)40-15-8-6-5-7-14-33(4)25(35)23-18-21(17-22(23)24(29)34)41-26(36)30-19-10-9-11-20(16-19)32(2)3/h8-11,15-16,21-23H,5-7,12-14,17-18H2,1-4H3,(H2,29,34)(H,30,36)(H,31,37)/b15-8-/t21-,22?,23-/m1/s1. The summed E-state index contributed by atoms with van der Waals surface area (Å²) in [5.41, 5.74) is 7.04. The first kappa shape index (κ1) is 32.7. The maximum Gasteiger partial charge on any atom is 0.425 e. The lowest BCUT2D eigenvalue weighted by atomic mass is 9.94. The van der Waals surface area contributed by atoms with Crippen molar-refractivity contribution in [3.8, 4) is 0 Å². The number of rotatable bonds is 13. The third kappa shape index (κ3) is 8.84. The number of benzene rings is 1. The highest BCUT2D eigenvalue weighted by atomic mass is 32.2. The molecule has 0 aromatic heterocycles. The van der Waals surface area contributed by atoms with Crippen LogP contribution in [0.1, 0.15) is 51.9 Å². The van der Waals surface area contributed by atoms with Crippen molar-refractivity contribution >= 4 is 45.4 Å². The van der Waals surface area contributed by atoms with Crippen molar-refractivity contribution in [2.75, 3.05) is 37.9 Å². The number of ether oxygens (including phenoxy) is 2. The van der Waals surface area contributed by atoms with E-state index in [1.54, 1.807) is 32.2 Å². The van der Waals surface area contributed by atoms with Gasteiger partial charge in [0.25, 0.3) is 0 Å². The van der Waals surface area contributed by atoms with Crippen LogP contribution in [-0.2, 0) is 29.1 Å². The number of allylic oxidation sites excluding steroid dienone is 1. The highest BCUT2D eigenvalue weighted by molar-refractivity contribution is 7.91. The molecule has 1 aromatic carbocycles. The van der Waals surface area contributed by atoms with Crippen molar-refractivity contribution in [1.82, 2.24) is 9.62 Å². The van der Waals surface area contributed by atoms with Gasteiger partial charge in [-0.15, -0.1) is 0 Å². The Morgan fingerprint density at radius 3 is 2.40 bits per heavy atom. The fourth-order valence-electron chi connectivity index (χ4n) is 4.72. The van der Waals surface area contributed by atoms with Crippen molar-refractivity contribution < 1.29 is 37.1 Å². The largest absolute Gasteiger partial charge is 0.446 e. The van der Waals surface area contributed by atoms with Crippen LogP contribution in [0, 0.1) is 11.8 Å². The van der Waals surface area contributed by atoms with Crippen molar-refractivity contribution in [1.29, 1.82) is 0 Å². The predicted octanol–water partition coefficient (Wildman–Crippen LogP) is 2.93. The third-order valence-electron chi connectivity index (χ3n) is 7.67. The second-order valence-electron chi connectivity index (χ2n) is 11.3. The number of carbonyl (C=O) groups is 4. The van der Waals surface area contributed by atoms with Crippen LogP contribution in [0.3, 0.4) is 0 Å². The summed E-state index contributed by atoms with van der Waals surface area (Å²) in [5, 5.41) is 2.69. The number of sulfonamides is 1. The first-order valence-electron chi connectivity index (χ1n) is 13.9. The number of anilines is 2. The summed E-state index contributed by atoms with van der Waals surface area (Å²) in [7, 11) is 1.66. The van der Waals surface area contributed by atoms with Gasteiger partial charge < -0.3 is 25.0 Å². The summed E-state index contributed by atoms with van der Waals surface area (Å²) in [6, 6.07) is 7.24. The normalized spacial score (nSPS) is 20.9. The molecule has 0 aliphatic heterocycles. The number of nitrogens with zero attached hydrogens (tertiary/aromatic N) is 2.